The molecule has 2 heterocycles. The molecular weight excluding hydrogens is 166 g/mol. The van der Waals surface area contributed by atoms with Gasteiger partial charge in [-0.15, -0.1) is 0 Å². The molecule has 0 fully saturated rings. The molecular formula is C8H11N5. The normalized spacial score (nSPS) is 10.5. The molecule has 0 aliphatic rings. The van der Waals surface area contributed by atoms with E-state index in [0.29, 0.717) is 12.4 Å². The first-order valence-electron chi connectivity index (χ1n) is 4.00. The first-order valence-corrected chi connectivity index (χ1v) is 4.00. The molecule has 5 nitrogen and oxygen atoms in total. The fourth-order valence-corrected chi connectivity index (χ4v) is 1.17. The Morgan fingerprint density at radius 2 is 2.38 bits per heavy atom. The molecule has 2 rings (SSSR count). The molecule has 0 bridgehead atoms. The van der Waals surface area contributed by atoms with Crippen molar-refractivity contribution in [3.63, 3.8) is 0 Å². The predicted molar refractivity (Wildman–Crippen MR) is 48.9 cm³/mol. The van der Waals surface area contributed by atoms with Gasteiger partial charge >= 0.3 is 0 Å². The van der Waals surface area contributed by atoms with Crippen LogP contribution >= 0.6 is 0 Å². The fourth-order valence-electron chi connectivity index (χ4n) is 1.17. The molecule has 0 spiro atoms. The number of hydrogen-bond donors (Lipinski definition) is 1. The van der Waals surface area contributed by atoms with Gasteiger partial charge < -0.3 is 10.3 Å². The number of nitrogen functional groups attached to an aromatic ring is 1. The molecule has 0 aromatic carbocycles. The molecule has 2 N–H and O–H groups in total. The lowest BCUT2D eigenvalue weighted by Gasteiger charge is -2.01. The molecule has 0 amide bonds. The Hall–Kier alpha value is -1.78. The maximum absolute atomic E-state index is 5.49. The second-order valence-electron chi connectivity index (χ2n) is 2.93. The first-order chi connectivity index (χ1) is 6.25. The summed E-state index contributed by atoms with van der Waals surface area (Å²) in [6.45, 7) is 0.702. The fraction of sp³-hybridized carbons (Fsp3) is 0.250. The Kier molecular flexibility index (Phi) is 1.77. The number of nitrogens with zero attached hydrogens (tertiary/aromatic N) is 4. The molecule has 0 aliphatic heterocycles. The van der Waals surface area contributed by atoms with E-state index in [4.69, 9.17) is 5.73 Å². The van der Waals surface area contributed by atoms with Gasteiger partial charge in [0.15, 0.2) is 0 Å². The zero-order chi connectivity index (χ0) is 9.26. The van der Waals surface area contributed by atoms with Gasteiger partial charge in [0.25, 0.3) is 0 Å². The van der Waals surface area contributed by atoms with Crippen molar-refractivity contribution >= 4 is 5.82 Å². The number of anilines is 1. The Morgan fingerprint density at radius 1 is 1.54 bits per heavy atom. The van der Waals surface area contributed by atoms with Crippen LogP contribution in [0.2, 0.25) is 0 Å². The zero-order valence-electron chi connectivity index (χ0n) is 7.38. The van der Waals surface area contributed by atoms with E-state index in [2.05, 4.69) is 10.1 Å². The van der Waals surface area contributed by atoms with E-state index in [1.165, 1.54) is 0 Å². The zero-order valence-corrected chi connectivity index (χ0v) is 7.38. The summed E-state index contributed by atoms with van der Waals surface area (Å²) in [5.41, 5.74) is 6.59. The van der Waals surface area contributed by atoms with Gasteiger partial charge in [0.1, 0.15) is 5.82 Å². The Labute approximate surface area is 75.8 Å². The van der Waals surface area contributed by atoms with Gasteiger partial charge in [-0.05, 0) is 6.07 Å². The third kappa shape index (κ3) is 1.53. The molecule has 2 aromatic heterocycles. The number of rotatable bonds is 2. The number of imidazole rings is 1. The van der Waals surface area contributed by atoms with Gasteiger partial charge in [0, 0.05) is 13.2 Å². The Balaban J connectivity index is 2.19. The Morgan fingerprint density at radius 3 is 2.92 bits per heavy atom. The second-order valence-corrected chi connectivity index (χ2v) is 2.93. The van der Waals surface area contributed by atoms with Crippen LogP contribution in [0.1, 0.15) is 5.69 Å². The standard InChI is InChI=1S/C8H11N5/c1-12-6-10-4-7(12)5-13-3-2-8(9)11-13/h2-4,6H,5H2,1H3,(H2,9,11). The van der Waals surface area contributed by atoms with E-state index in [0.717, 1.165) is 5.69 Å². The minimum absolute atomic E-state index is 0.544. The van der Waals surface area contributed by atoms with Crippen molar-refractivity contribution in [2.24, 2.45) is 7.05 Å². The summed E-state index contributed by atoms with van der Waals surface area (Å²) < 4.78 is 3.74. The minimum Gasteiger partial charge on any atom is -0.382 e. The van der Waals surface area contributed by atoms with Gasteiger partial charge in [-0.2, -0.15) is 5.10 Å². The van der Waals surface area contributed by atoms with Crippen molar-refractivity contribution in [2.75, 3.05) is 5.73 Å². The summed E-state index contributed by atoms with van der Waals surface area (Å²) in [4.78, 5) is 4.02. The highest BCUT2D eigenvalue weighted by atomic mass is 15.3. The number of hydrogen-bond acceptors (Lipinski definition) is 3. The van der Waals surface area contributed by atoms with Crippen molar-refractivity contribution < 1.29 is 0 Å². The summed E-state index contributed by atoms with van der Waals surface area (Å²) in [5, 5.41) is 4.08. The summed E-state index contributed by atoms with van der Waals surface area (Å²) in [6, 6.07) is 1.77. The van der Waals surface area contributed by atoms with Crippen LogP contribution in [0.3, 0.4) is 0 Å². The lowest BCUT2D eigenvalue weighted by Crippen LogP contribution is -2.04. The SMILES string of the molecule is Cn1cncc1Cn1ccc(N)n1. The summed E-state index contributed by atoms with van der Waals surface area (Å²) in [7, 11) is 1.95. The highest BCUT2D eigenvalue weighted by molar-refractivity contribution is 5.24. The van der Waals surface area contributed by atoms with Gasteiger partial charge in [0.2, 0.25) is 0 Å². The van der Waals surface area contributed by atoms with Crippen molar-refractivity contribution in [2.45, 2.75) is 6.54 Å². The van der Waals surface area contributed by atoms with Crippen LogP contribution < -0.4 is 5.73 Å². The molecule has 0 radical (unpaired) electrons. The monoisotopic (exact) mass is 177 g/mol. The van der Waals surface area contributed by atoms with Crippen LogP contribution in [0.4, 0.5) is 5.82 Å². The molecule has 68 valence electrons. The molecule has 2 aromatic rings. The molecule has 0 aliphatic carbocycles. The van der Waals surface area contributed by atoms with Crippen molar-refractivity contribution in [1.82, 2.24) is 19.3 Å². The predicted octanol–water partition coefficient (Wildman–Crippen LogP) is 0.247. The van der Waals surface area contributed by atoms with E-state index in [9.17, 15) is 0 Å². The lowest BCUT2D eigenvalue weighted by atomic mass is 10.5. The molecule has 0 atom stereocenters. The maximum atomic E-state index is 5.49. The van der Waals surface area contributed by atoms with Crippen LogP contribution in [0.15, 0.2) is 24.8 Å². The minimum atomic E-state index is 0.544. The van der Waals surface area contributed by atoms with E-state index in [-0.39, 0.29) is 0 Å². The molecule has 5 heteroatoms. The summed E-state index contributed by atoms with van der Waals surface area (Å²) in [6.07, 6.45) is 5.43. The van der Waals surface area contributed by atoms with E-state index >= 15 is 0 Å². The third-order valence-corrected chi connectivity index (χ3v) is 1.90. The largest absolute Gasteiger partial charge is 0.382 e. The highest BCUT2D eigenvalue weighted by Crippen LogP contribution is 2.02. The van der Waals surface area contributed by atoms with Crippen LogP contribution in [-0.2, 0) is 13.6 Å². The summed E-state index contributed by atoms with van der Waals surface area (Å²) >= 11 is 0. The molecule has 0 saturated heterocycles. The quantitative estimate of drug-likeness (QED) is 0.715. The van der Waals surface area contributed by atoms with Crippen LogP contribution in [-0.4, -0.2) is 19.3 Å². The van der Waals surface area contributed by atoms with Crippen LogP contribution in [0.25, 0.3) is 0 Å². The van der Waals surface area contributed by atoms with E-state index in [1.807, 2.05) is 24.0 Å². The van der Waals surface area contributed by atoms with Crippen molar-refractivity contribution in [1.29, 1.82) is 0 Å². The average molecular weight is 177 g/mol. The smallest absolute Gasteiger partial charge is 0.145 e. The molecule has 0 unspecified atom stereocenters. The van der Waals surface area contributed by atoms with Crippen LogP contribution in [0.5, 0.6) is 0 Å². The molecule has 13 heavy (non-hydrogen) atoms. The van der Waals surface area contributed by atoms with Gasteiger partial charge in [-0.25, -0.2) is 4.98 Å². The second kappa shape index (κ2) is 2.93. The molecule has 0 saturated carbocycles. The van der Waals surface area contributed by atoms with Crippen LogP contribution in [0, 0.1) is 0 Å². The average Bonchev–Trinajstić information content (AvgIpc) is 2.64. The van der Waals surface area contributed by atoms with E-state index < -0.39 is 0 Å². The number of aromatic nitrogens is 4. The number of aryl methyl sites for hydroxylation is 1. The van der Waals surface area contributed by atoms with Crippen molar-refractivity contribution in [3.8, 4) is 0 Å². The van der Waals surface area contributed by atoms with Gasteiger partial charge in [-0.3, -0.25) is 4.68 Å². The lowest BCUT2D eigenvalue weighted by molar-refractivity contribution is 0.651. The highest BCUT2D eigenvalue weighted by Gasteiger charge is 2.00. The third-order valence-electron chi connectivity index (χ3n) is 1.90. The number of nitrogens with two attached hydrogens (primary N) is 1. The summed E-state index contributed by atoms with van der Waals surface area (Å²) in [5.74, 6) is 0.544. The van der Waals surface area contributed by atoms with E-state index in [1.54, 1.807) is 17.1 Å². The van der Waals surface area contributed by atoms with Gasteiger partial charge in [0.05, 0.1) is 24.8 Å². The topological polar surface area (TPSA) is 61.7 Å². The maximum Gasteiger partial charge on any atom is 0.145 e. The first kappa shape index (κ1) is 7.85. The Bertz CT molecular complexity index is 400. The van der Waals surface area contributed by atoms with Gasteiger partial charge in [-0.1, -0.05) is 0 Å². The van der Waals surface area contributed by atoms with Crippen molar-refractivity contribution in [3.05, 3.63) is 30.5 Å².